The average molecular weight is 256 g/mol. The molecule has 1 rings (SSSR count). The van der Waals surface area contributed by atoms with E-state index in [1.165, 1.54) is 17.8 Å². The Bertz CT molecular complexity index is 301. The molecule has 17 heavy (non-hydrogen) atoms. The maximum atomic E-state index is 5.03. The molecule has 1 aromatic rings. The fraction of sp³-hybridized carbons (Fsp3) is 0.769. The second-order valence-electron chi connectivity index (χ2n) is 4.44. The summed E-state index contributed by atoms with van der Waals surface area (Å²) in [5.74, 6) is 0.697. The molecule has 0 aliphatic rings. The molecule has 4 heteroatoms. The monoisotopic (exact) mass is 256 g/mol. The van der Waals surface area contributed by atoms with Crippen molar-refractivity contribution in [1.29, 1.82) is 0 Å². The minimum atomic E-state index is 0.697. The SMILES string of the molecule is CCCC(CNCCOC)Cc1nc(C)cs1. The maximum Gasteiger partial charge on any atom is 0.0931 e. The van der Waals surface area contributed by atoms with Crippen LogP contribution in [0.1, 0.15) is 30.5 Å². The van der Waals surface area contributed by atoms with Crippen molar-refractivity contribution < 1.29 is 4.74 Å². The van der Waals surface area contributed by atoms with Crippen LogP contribution in [-0.2, 0) is 11.2 Å². The van der Waals surface area contributed by atoms with E-state index in [4.69, 9.17) is 4.74 Å². The van der Waals surface area contributed by atoms with Crippen molar-refractivity contribution in [3.63, 3.8) is 0 Å². The molecular formula is C13H24N2OS. The van der Waals surface area contributed by atoms with Gasteiger partial charge in [-0.15, -0.1) is 11.3 Å². The number of nitrogens with one attached hydrogen (secondary N) is 1. The second kappa shape index (κ2) is 8.61. The number of hydrogen-bond acceptors (Lipinski definition) is 4. The van der Waals surface area contributed by atoms with E-state index in [1.807, 2.05) is 0 Å². The zero-order valence-corrected chi connectivity index (χ0v) is 12.0. The quantitative estimate of drug-likeness (QED) is 0.690. The summed E-state index contributed by atoms with van der Waals surface area (Å²) in [6.07, 6.45) is 3.60. The molecule has 0 aliphatic carbocycles. The van der Waals surface area contributed by atoms with Crippen molar-refractivity contribution >= 4 is 11.3 Å². The topological polar surface area (TPSA) is 34.1 Å². The Morgan fingerprint density at radius 3 is 2.94 bits per heavy atom. The molecule has 0 amide bonds. The summed E-state index contributed by atoms with van der Waals surface area (Å²) in [4.78, 5) is 4.54. The van der Waals surface area contributed by atoms with Crippen molar-refractivity contribution in [3.8, 4) is 0 Å². The number of rotatable bonds is 9. The van der Waals surface area contributed by atoms with Crippen LogP contribution in [0.4, 0.5) is 0 Å². The predicted octanol–water partition coefficient (Wildman–Crippen LogP) is 2.65. The highest BCUT2D eigenvalue weighted by Gasteiger charge is 2.10. The van der Waals surface area contributed by atoms with E-state index in [2.05, 4.69) is 29.5 Å². The lowest BCUT2D eigenvalue weighted by Gasteiger charge is -2.15. The summed E-state index contributed by atoms with van der Waals surface area (Å²) in [7, 11) is 1.74. The highest BCUT2D eigenvalue weighted by atomic mass is 32.1. The Kier molecular flexibility index (Phi) is 7.40. The van der Waals surface area contributed by atoms with E-state index in [-0.39, 0.29) is 0 Å². The van der Waals surface area contributed by atoms with Gasteiger partial charge in [-0.1, -0.05) is 13.3 Å². The molecule has 1 unspecified atom stereocenters. The van der Waals surface area contributed by atoms with Gasteiger partial charge in [0.2, 0.25) is 0 Å². The molecule has 1 atom stereocenters. The Morgan fingerprint density at radius 2 is 2.35 bits per heavy atom. The van der Waals surface area contributed by atoms with Gasteiger partial charge in [-0.2, -0.15) is 0 Å². The Labute approximate surface area is 109 Å². The zero-order valence-electron chi connectivity index (χ0n) is 11.2. The summed E-state index contributed by atoms with van der Waals surface area (Å²) >= 11 is 1.78. The molecule has 0 fully saturated rings. The maximum absolute atomic E-state index is 5.03. The van der Waals surface area contributed by atoms with Crippen molar-refractivity contribution in [2.45, 2.75) is 33.1 Å². The fourth-order valence-electron chi connectivity index (χ4n) is 1.91. The van der Waals surface area contributed by atoms with Gasteiger partial charge < -0.3 is 10.1 Å². The third-order valence-electron chi connectivity index (χ3n) is 2.74. The molecule has 0 saturated carbocycles. The van der Waals surface area contributed by atoms with E-state index in [1.54, 1.807) is 18.4 Å². The molecule has 1 heterocycles. The van der Waals surface area contributed by atoms with E-state index in [0.717, 1.165) is 31.8 Å². The van der Waals surface area contributed by atoms with Crippen molar-refractivity contribution in [1.82, 2.24) is 10.3 Å². The standard InChI is InChI=1S/C13H24N2OS/c1-4-5-12(9-14-6-7-16-3)8-13-15-11(2)10-17-13/h10,12,14H,4-9H2,1-3H3. The first-order valence-electron chi connectivity index (χ1n) is 6.37. The Hall–Kier alpha value is -0.450. The molecule has 0 aromatic carbocycles. The lowest BCUT2D eigenvalue weighted by molar-refractivity contribution is 0.197. The average Bonchev–Trinajstić information content (AvgIpc) is 2.70. The van der Waals surface area contributed by atoms with Crippen LogP contribution in [0.5, 0.6) is 0 Å². The van der Waals surface area contributed by atoms with Gasteiger partial charge >= 0.3 is 0 Å². The van der Waals surface area contributed by atoms with Gasteiger partial charge in [-0.25, -0.2) is 4.98 Å². The number of thiazole rings is 1. The first-order chi connectivity index (χ1) is 8.26. The fourth-order valence-corrected chi connectivity index (χ4v) is 2.80. The number of aromatic nitrogens is 1. The number of aryl methyl sites for hydroxylation is 1. The summed E-state index contributed by atoms with van der Waals surface area (Å²) in [5.41, 5.74) is 1.15. The van der Waals surface area contributed by atoms with Crippen LogP contribution in [0.15, 0.2) is 5.38 Å². The van der Waals surface area contributed by atoms with E-state index < -0.39 is 0 Å². The number of methoxy groups -OCH3 is 1. The van der Waals surface area contributed by atoms with Crippen LogP contribution >= 0.6 is 11.3 Å². The summed E-state index contributed by atoms with van der Waals surface area (Å²) in [6.45, 7) is 7.10. The molecule has 0 saturated heterocycles. The molecule has 0 spiro atoms. The predicted molar refractivity (Wildman–Crippen MR) is 73.7 cm³/mol. The molecule has 1 N–H and O–H groups in total. The van der Waals surface area contributed by atoms with Crippen LogP contribution in [-0.4, -0.2) is 31.8 Å². The van der Waals surface area contributed by atoms with Gasteiger partial charge in [0, 0.05) is 31.1 Å². The Balaban J connectivity index is 2.32. The highest BCUT2D eigenvalue weighted by molar-refractivity contribution is 7.09. The molecule has 0 aliphatic heterocycles. The first kappa shape index (κ1) is 14.6. The van der Waals surface area contributed by atoms with Gasteiger partial charge in [0.15, 0.2) is 0 Å². The lowest BCUT2D eigenvalue weighted by Crippen LogP contribution is -2.27. The van der Waals surface area contributed by atoms with Crippen molar-refractivity contribution in [3.05, 3.63) is 16.1 Å². The first-order valence-corrected chi connectivity index (χ1v) is 7.24. The molecule has 0 radical (unpaired) electrons. The van der Waals surface area contributed by atoms with E-state index >= 15 is 0 Å². The summed E-state index contributed by atoms with van der Waals surface area (Å²) < 4.78 is 5.03. The molecule has 3 nitrogen and oxygen atoms in total. The van der Waals surface area contributed by atoms with Crippen molar-refractivity contribution in [2.24, 2.45) is 5.92 Å². The number of hydrogen-bond donors (Lipinski definition) is 1. The summed E-state index contributed by atoms with van der Waals surface area (Å²) in [6, 6.07) is 0. The van der Waals surface area contributed by atoms with Crippen LogP contribution in [0.3, 0.4) is 0 Å². The van der Waals surface area contributed by atoms with Gasteiger partial charge in [0.05, 0.1) is 11.6 Å². The minimum Gasteiger partial charge on any atom is -0.383 e. The molecule has 1 aromatic heterocycles. The van der Waals surface area contributed by atoms with E-state index in [9.17, 15) is 0 Å². The van der Waals surface area contributed by atoms with Crippen molar-refractivity contribution in [2.75, 3.05) is 26.8 Å². The largest absolute Gasteiger partial charge is 0.383 e. The highest BCUT2D eigenvalue weighted by Crippen LogP contribution is 2.17. The molecule has 0 bridgehead atoms. The van der Waals surface area contributed by atoms with Gasteiger partial charge in [0.1, 0.15) is 0 Å². The zero-order chi connectivity index (χ0) is 12.5. The minimum absolute atomic E-state index is 0.697. The van der Waals surface area contributed by atoms with Crippen LogP contribution in [0.2, 0.25) is 0 Å². The third kappa shape index (κ3) is 6.15. The van der Waals surface area contributed by atoms with Crippen LogP contribution in [0.25, 0.3) is 0 Å². The van der Waals surface area contributed by atoms with E-state index in [0.29, 0.717) is 5.92 Å². The molecular weight excluding hydrogens is 232 g/mol. The Morgan fingerprint density at radius 1 is 1.53 bits per heavy atom. The summed E-state index contributed by atoms with van der Waals surface area (Å²) in [5, 5.41) is 6.86. The normalized spacial score (nSPS) is 12.9. The van der Waals surface area contributed by atoms with Gasteiger partial charge in [0.25, 0.3) is 0 Å². The molecule has 98 valence electrons. The van der Waals surface area contributed by atoms with Gasteiger partial charge in [-0.05, 0) is 25.8 Å². The lowest BCUT2D eigenvalue weighted by atomic mass is 10.0. The number of ether oxygens (including phenoxy) is 1. The smallest absolute Gasteiger partial charge is 0.0931 e. The van der Waals surface area contributed by atoms with Crippen LogP contribution < -0.4 is 5.32 Å². The second-order valence-corrected chi connectivity index (χ2v) is 5.38. The number of nitrogens with zero attached hydrogens (tertiary/aromatic N) is 1. The van der Waals surface area contributed by atoms with Gasteiger partial charge in [-0.3, -0.25) is 0 Å². The third-order valence-corrected chi connectivity index (χ3v) is 3.73. The van der Waals surface area contributed by atoms with Crippen LogP contribution in [0, 0.1) is 12.8 Å².